The zero-order valence-corrected chi connectivity index (χ0v) is 16.4. The number of fused-ring (bicyclic) bond motifs is 1. The summed E-state index contributed by atoms with van der Waals surface area (Å²) < 4.78 is 13.2. The normalized spacial score (nSPS) is 11.1. The number of pyridine rings is 2. The fourth-order valence-corrected chi connectivity index (χ4v) is 4.53. The van der Waals surface area contributed by atoms with Crippen LogP contribution in [0, 0.1) is 5.82 Å². The van der Waals surface area contributed by atoms with Crippen LogP contribution in [0.5, 0.6) is 5.75 Å². The minimum absolute atomic E-state index is 0.0428. The van der Waals surface area contributed by atoms with Crippen LogP contribution in [0.4, 0.5) is 4.39 Å². The lowest BCUT2D eigenvalue weighted by atomic mass is 9.98. The molecule has 5 rings (SSSR count). The van der Waals surface area contributed by atoms with Crippen molar-refractivity contribution >= 4 is 21.6 Å². The number of nitrogens with zero attached hydrogens (tertiary/aromatic N) is 1. The summed E-state index contributed by atoms with van der Waals surface area (Å²) in [5.74, 6) is -0.312. The van der Waals surface area contributed by atoms with Crippen LogP contribution in [-0.4, -0.2) is 15.1 Å². The van der Waals surface area contributed by atoms with E-state index in [2.05, 4.69) is 9.97 Å². The lowest BCUT2D eigenvalue weighted by Gasteiger charge is -2.08. The van der Waals surface area contributed by atoms with Crippen molar-refractivity contribution in [3.8, 4) is 39.1 Å². The van der Waals surface area contributed by atoms with Crippen LogP contribution >= 0.6 is 11.3 Å². The van der Waals surface area contributed by atoms with Gasteiger partial charge in [0.15, 0.2) is 0 Å². The number of thiophene rings is 1. The lowest BCUT2D eigenvalue weighted by molar-refractivity contribution is 0.483. The summed E-state index contributed by atoms with van der Waals surface area (Å²) in [7, 11) is 0. The first-order valence-corrected chi connectivity index (χ1v) is 10.1. The molecule has 146 valence electrons. The van der Waals surface area contributed by atoms with E-state index in [1.165, 1.54) is 23.5 Å². The minimum atomic E-state index is -0.341. The zero-order valence-electron chi connectivity index (χ0n) is 15.6. The van der Waals surface area contributed by atoms with Crippen LogP contribution in [0.3, 0.4) is 0 Å². The Morgan fingerprint density at radius 3 is 2.10 bits per heavy atom. The van der Waals surface area contributed by atoms with Gasteiger partial charge in [0, 0.05) is 23.3 Å². The van der Waals surface area contributed by atoms with Gasteiger partial charge in [-0.2, -0.15) is 0 Å². The third kappa shape index (κ3) is 3.07. The van der Waals surface area contributed by atoms with E-state index in [-0.39, 0.29) is 22.7 Å². The molecular weight excluding hydrogens is 399 g/mol. The van der Waals surface area contributed by atoms with Crippen molar-refractivity contribution in [2.45, 2.75) is 0 Å². The predicted molar refractivity (Wildman–Crippen MR) is 118 cm³/mol. The van der Waals surface area contributed by atoms with Crippen LogP contribution in [-0.2, 0) is 0 Å². The van der Waals surface area contributed by atoms with Gasteiger partial charge in [0.1, 0.15) is 16.4 Å². The topological polar surface area (TPSA) is 66.0 Å². The van der Waals surface area contributed by atoms with E-state index in [1.54, 1.807) is 36.7 Å². The molecule has 0 aliphatic rings. The molecule has 30 heavy (non-hydrogen) atoms. The highest BCUT2D eigenvalue weighted by molar-refractivity contribution is 7.17. The summed E-state index contributed by atoms with van der Waals surface area (Å²) >= 11 is 1.37. The molecule has 4 nitrogen and oxygen atoms in total. The molecule has 0 atom stereocenters. The summed E-state index contributed by atoms with van der Waals surface area (Å²) in [5, 5.41) is 13.5. The highest BCUT2D eigenvalue weighted by Gasteiger charge is 2.18. The maximum atomic E-state index is 13.2. The number of benzene rings is 2. The number of halogens is 1. The molecule has 3 heterocycles. The molecule has 3 aromatic heterocycles. The van der Waals surface area contributed by atoms with E-state index in [0.717, 1.165) is 22.3 Å². The molecule has 6 heteroatoms. The number of aromatic hydroxyl groups is 1. The summed E-state index contributed by atoms with van der Waals surface area (Å²) in [5.41, 5.74) is 4.13. The Hall–Kier alpha value is -3.77. The van der Waals surface area contributed by atoms with Crippen molar-refractivity contribution in [1.29, 1.82) is 0 Å². The third-order valence-electron chi connectivity index (χ3n) is 5.06. The van der Waals surface area contributed by atoms with E-state index < -0.39 is 0 Å². The van der Waals surface area contributed by atoms with Gasteiger partial charge in [-0.25, -0.2) is 4.39 Å². The maximum Gasteiger partial charge on any atom is 0.260 e. The quantitative estimate of drug-likeness (QED) is 0.390. The summed E-state index contributed by atoms with van der Waals surface area (Å²) in [6, 6.07) is 17.6. The first-order chi connectivity index (χ1) is 14.6. The SMILES string of the molecule is O=c1[nH]c2scc(-c3ccc(-c4ccc(F)cc4)cc3)c2c(O)c1-c1ccncc1. The molecular formula is C24H15FN2O2S. The molecule has 0 radical (unpaired) electrons. The lowest BCUT2D eigenvalue weighted by Crippen LogP contribution is -2.08. The molecule has 0 amide bonds. The van der Waals surface area contributed by atoms with E-state index >= 15 is 0 Å². The maximum absolute atomic E-state index is 13.2. The van der Waals surface area contributed by atoms with Gasteiger partial charge in [0.2, 0.25) is 0 Å². The van der Waals surface area contributed by atoms with Crippen molar-refractivity contribution < 1.29 is 9.50 Å². The van der Waals surface area contributed by atoms with Gasteiger partial charge < -0.3 is 10.1 Å². The molecule has 0 spiro atoms. The molecule has 0 bridgehead atoms. The van der Waals surface area contributed by atoms with Gasteiger partial charge in [-0.3, -0.25) is 9.78 Å². The first-order valence-electron chi connectivity index (χ1n) is 9.25. The number of H-pyrrole nitrogens is 1. The summed E-state index contributed by atoms with van der Waals surface area (Å²) in [6.45, 7) is 0. The molecule has 0 unspecified atom stereocenters. The van der Waals surface area contributed by atoms with Gasteiger partial charge in [-0.1, -0.05) is 36.4 Å². The van der Waals surface area contributed by atoms with Crippen LogP contribution in [0.2, 0.25) is 0 Å². The molecule has 0 saturated carbocycles. The largest absolute Gasteiger partial charge is 0.506 e. The zero-order chi connectivity index (χ0) is 20.7. The standard InChI is InChI=1S/C24H15FN2O2S/c25-18-7-5-15(6-8-18)14-1-3-16(4-2-14)19-13-30-24-21(19)22(28)20(23(29)27-24)17-9-11-26-12-10-17/h1-13H,(H2,27,28,29). The van der Waals surface area contributed by atoms with Crippen molar-refractivity contribution in [2.75, 3.05) is 0 Å². The highest BCUT2D eigenvalue weighted by atomic mass is 32.1. The van der Waals surface area contributed by atoms with Crippen LogP contribution in [0.25, 0.3) is 43.6 Å². The van der Waals surface area contributed by atoms with Crippen molar-refractivity contribution in [2.24, 2.45) is 0 Å². The Balaban J connectivity index is 1.63. The number of aromatic amines is 1. The second kappa shape index (κ2) is 7.24. The van der Waals surface area contributed by atoms with E-state index in [4.69, 9.17) is 0 Å². The van der Waals surface area contributed by atoms with Gasteiger partial charge >= 0.3 is 0 Å². The third-order valence-corrected chi connectivity index (χ3v) is 5.96. The molecule has 0 saturated heterocycles. The Bertz CT molecular complexity index is 1410. The molecule has 0 aliphatic carbocycles. The molecule has 2 aromatic carbocycles. The number of aromatic nitrogens is 2. The van der Waals surface area contributed by atoms with Gasteiger partial charge in [0.25, 0.3) is 5.56 Å². The summed E-state index contributed by atoms with van der Waals surface area (Å²) in [6.07, 6.45) is 3.17. The number of nitrogens with one attached hydrogen (secondary N) is 1. The Kier molecular flexibility index (Phi) is 4.41. The Morgan fingerprint density at radius 1 is 0.833 bits per heavy atom. The number of hydrogen-bond acceptors (Lipinski definition) is 4. The highest BCUT2D eigenvalue weighted by Crippen LogP contribution is 2.41. The Morgan fingerprint density at radius 2 is 1.43 bits per heavy atom. The van der Waals surface area contributed by atoms with Gasteiger partial charge in [-0.05, 0) is 46.5 Å². The van der Waals surface area contributed by atoms with Crippen molar-refractivity contribution in [1.82, 2.24) is 9.97 Å². The van der Waals surface area contributed by atoms with E-state index in [1.807, 2.05) is 29.6 Å². The smallest absolute Gasteiger partial charge is 0.260 e. The average Bonchev–Trinajstić information content (AvgIpc) is 3.19. The number of rotatable bonds is 3. The fraction of sp³-hybridized carbons (Fsp3) is 0. The van der Waals surface area contributed by atoms with Crippen molar-refractivity contribution in [3.05, 3.63) is 94.6 Å². The molecule has 0 aliphatic heterocycles. The van der Waals surface area contributed by atoms with Crippen molar-refractivity contribution in [3.63, 3.8) is 0 Å². The predicted octanol–water partition coefficient (Wildman–Crippen LogP) is 5.83. The monoisotopic (exact) mass is 414 g/mol. The van der Waals surface area contributed by atoms with E-state index in [9.17, 15) is 14.3 Å². The van der Waals surface area contributed by atoms with Crippen LogP contribution in [0.15, 0.2) is 83.2 Å². The van der Waals surface area contributed by atoms with E-state index in [0.29, 0.717) is 15.8 Å². The molecule has 0 fully saturated rings. The van der Waals surface area contributed by atoms with Crippen LogP contribution < -0.4 is 5.56 Å². The Labute approximate surface area is 174 Å². The van der Waals surface area contributed by atoms with Crippen LogP contribution in [0.1, 0.15) is 0 Å². The van der Waals surface area contributed by atoms with Gasteiger partial charge in [0.05, 0.1) is 10.9 Å². The second-order valence-electron chi connectivity index (χ2n) is 6.85. The molecule has 2 N–H and O–H groups in total. The minimum Gasteiger partial charge on any atom is -0.506 e. The number of hydrogen-bond donors (Lipinski definition) is 2. The first kappa shape index (κ1) is 18.3. The summed E-state index contributed by atoms with van der Waals surface area (Å²) in [4.78, 5) is 20.0. The second-order valence-corrected chi connectivity index (χ2v) is 7.73. The fourth-order valence-electron chi connectivity index (χ4n) is 3.57. The molecule has 5 aromatic rings. The average molecular weight is 414 g/mol. The van der Waals surface area contributed by atoms with Gasteiger partial charge in [-0.15, -0.1) is 11.3 Å².